The summed E-state index contributed by atoms with van der Waals surface area (Å²) in [6.45, 7) is 0. The molecule has 2 aromatic heterocycles. The highest BCUT2D eigenvalue weighted by atomic mass is 15.1. The number of fused-ring (bicyclic) bond motifs is 10. The molecule has 0 amide bonds. The predicted octanol–water partition coefficient (Wildman–Crippen LogP) is 22.8. The van der Waals surface area contributed by atoms with Crippen LogP contribution in [0.3, 0.4) is 0 Å². The largest absolute Gasteiger partial charge is 0.310 e. The standard InChI is InChI=1S/C82H54N4/c1-3-23-61(24-4-1)83(67-47-49-79-75(53-67)69-27-15-17-33-77(69)85(79)65-45-35-55-19-7-9-21-59(55)51-65)63-41-37-57(38-42-63)81-71-29-11-13-31-73(71)82(74-32-14-12-30-72(74)81)58-39-43-64(44-40-58)84(62-25-5-2-6-26-62)68-48-50-80-76(54-68)70-28-16-18-34-78(70)86(80)66-46-36-56-20-8-10-22-60(56)52-66/h1-54H. The molecule has 4 heteroatoms. The third-order valence-electron chi connectivity index (χ3n) is 17.6. The van der Waals surface area contributed by atoms with E-state index >= 15 is 0 Å². The highest BCUT2D eigenvalue weighted by Crippen LogP contribution is 2.47. The first-order valence-corrected chi connectivity index (χ1v) is 29.6. The van der Waals surface area contributed by atoms with Gasteiger partial charge in [-0.1, -0.05) is 206 Å². The molecule has 0 fully saturated rings. The van der Waals surface area contributed by atoms with E-state index in [1.54, 1.807) is 0 Å². The highest BCUT2D eigenvalue weighted by molar-refractivity contribution is 6.22. The zero-order valence-electron chi connectivity index (χ0n) is 47.0. The zero-order valence-corrected chi connectivity index (χ0v) is 47.0. The van der Waals surface area contributed by atoms with Crippen LogP contribution >= 0.6 is 0 Å². The van der Waals surface area contributed by atoms with Crippen molar-refractivity contribution < 1.29 is 0 Å². The average Bonchev–Trinajstić information content (AvgIpc) is 3.26. The Hall–Kier alpha value is -11.5. The van der Waals surface area contributed by atoms with Crippen LogP contribution in [-0.4, -0.2) is 9.13 Å². The molecule has 0 aliphatic heterocycles. The van der Waals surface area contributed by atoms with Crippen molar-refractivity contribution in [1.29, 1.82) is 0 Å². The topological polar surface area (TPSA) is 16.3 Å². The molecule has 0 spiro atoms. The van der Waals surface area contributed by atoms with Crippen LogP contribution in [0, 0.1) is 0 Å². The van der Waals surface area contributed by atoms with E-state index in [9.17, 15) is 0 Å². The van der Waals surface area contributed by atoms with E-state index in [2.05, 4.69) is 347 Å². The van der Waals surface area contributed by atoms with E-state index in [0.29, 0.717) is 0 Å². The second kappa shape index (κ2) is 20.2. The van der Waals surface area contributed by atoms with Crippen LogP contribution in [0.25, 0.3) is 120 Å². The molecule has 402 valence electrons. The second-order valence-electron chi connectivity index (χ2n) is 22.4. The summed E-state index contributed by atoms with van der Waals surface area (Å²) in [5.74, 6) is 0. The van der Waals surface area contributed by atoms with E-state index in [4.69, 9.17) is 0 Å². The molecule has 0 aliphatic rings. The van der Waals surface area contributed by atoms with Gasteiger partial charge in [0.15, 0.2) is 0 Å². The predicted molar refractivity (Wildman–Crippen MR) is 365 cm³/mol. The number of para-hydroxylation sites is 4. The third kappa shape index (κ3) is 8.07. The van der Waals surface area contributed by atoms with Gasteiger partial charge in [-0.15, -0.1) is 0 Å². The number of anilines is 6. The number of hydrogen-bond acceptors (Lipinski definition) is 2. The lowest BCUT2D eigenvalue weighted by Crippen LogP contribution is -2.09. The van der Waals surface area contributed by atoms with Gasteiger partial charge in [-0.3, -0.25) is 0 Å². The van der Waals surface area contributed by atoms with Gasteiger partial charge in [0, 0.05) is 67.0 Å². The van der Waals surface area contributed by atoms with E-state index in [1.807, 2.05) is 0 Å². The average molecular weight is 1100 g/mol. The maximum absolute atomic E-state index is 2.41. The Bertz CT molecular complexity index is 5070. The van der Waals surface area contributed by atoms with Gasteiger partial charge in [-0.2, -0.15) is 0 Å². The Morgan fingerprint density at radius 3 is 0.884 bits per heavy atom. The first-order chi connectivity index (χ1) is 42.7. The maximum atomic E-state index is 2.41. The van der Waals surface area contributed by atoms with Gasteiger partial charge in [0.2, 0.25) is 0 Å². The van der Waals surface area contributed by atoms with Crippen LogP contribution in [-0.2, 0) is 0 Å². The summed E-state index contributed by atoms with van der Waals surface area (Å²) >= 11 is 0. The lowest BCUT2D eigenvalue weighted by atomic mass is 9.86. The van der Waals surface area contributed by atoms with Crippen LogP contribution in [0.5, 0.6) is 0 Å². The molecule has 0 unspecified atom stereocenters. The molecule has 2 heterocycles. The Morgan fingerprint density at radius 2 is 0.488 bits per heavy atom. The van der Waals surface area contributed by atoms with E-state index < -0.39 is 0 Å². The summed E-state index contributed by atoms with van der Waals surface area (Å²) in [6.07, 6.45) is 0. The van der Waals surface area contributed by atoms with Crippen LogP contribution < -0.4 is 9.80 Å². The van der Waals surface area contributed by atoms with E-state index in [1.165, 1.54) is 109 Å². The van der Waals surface area contributed by atoms with Gasteiger partial charge in [-0.05, 0) is 187 Å². The van der Waals surface area contributed by atoms with Crippen molar-refractivity contribution >= 4 is 121 Å². The second-order valence-corrected chi connectivity index (χ2v) is 22.4. The summed E-state index contributed by atoms with van der Waals surface area (Å²) in [5.41, 5.74) is 18.4. The molecule has 0 aliphatic carbocycles. The van der Waals surface area contributed by atoms with E-state index in [0.717, 1.165) is 45.5 Å². The molecule has 0 saturated heterocycles. The molecule has 0 saturated carbocycles. The maximum Gasteiger partial charge on any atom is 0.0542 e. The lowest BCUT2D eigenvalue weighted by molar-refractivity contribution is 1.18. The molecule has 17 aromatic rings. The zero-order chi connectivity index (χ0) is 56.7. The third-order valence-corrected chi connectivity index (χ3v) is 17.6. The quantitative estimate of drug-likeness (QED) is 0.127. The minimum absolute atomic E-state index is 1.08. The fourth-order valence-corrected chi connectivity index (χ4v) is 13.7. The molecule has 0 bridgehead atoms. The van der Waals surface area contributed by atoms with Crippen molar-refractivity contribution in [3.63, 3.8) is 0 Å². The van der Waals surface area contributed by atoms with Gasteiger partial charge < -0.3 is 18.9 Å². The molecular formula is C82H54N4. The van der Waals surface area contributed by atoms with Crippen LogP contribution in [0.1, 0.15) is 0 Å². The van der Waals surface area contributed by atoms with E-state index in [-0.39, 0.29) is 0 Å². The van der Waals surface area contributed by atoms with Crippen LogP contribution in [0.15, 0.2) is 328 Å². The minimum Gasteiger partial charge on any atom is -0.310 e. The summed E-state index contributed by atoms with van der Waals surface area (Å²) in [6, 6.07) is 120. The number of hydrogen-bond donors (Lipinski definition) is 0. The fraction of sp³-hybridized carbons (Fsp3) is 0. The fourth-order valence-electron chi connectivity index (χ4n) is 13.7. The Kier molecular flexibility index (Phi) is 11.5. The normalized spacial score (nSPS) is 11.7. The molecule has 4 nitrogen and oxygen atoms in total. The van der Waals surface area contributed by atoms with Gasteiger partial charge in [0.25, 0.3) is 0 Å². The monoisotopic (exact) mass is 1090 g/mol. The minimum atomic E-state index is 1.08. The van der Waals surface area contributed by atoms with Crippen molar-refractivity contribution in [2.75, 3.05) is 9.80 Å². The molecule has 0 radical (unpaired) electrons. The van der Waals surface area contributed by atoms with Gasteiger partial charge in [0.05, 0.1) is 22.1 Å². The van der Waals surface area contributed by atoms with Crippen LogP contribution in [0.4, 0.5) is 34.1 Å². The summed E-state index contributed by atoms with van der Waals surface area (Å²) in [7, 11) is 0. The van der Waals surface area contributed by atoms with Gasteiger partial charge >= 0.3 is 0 Å². The van der Waals surface area contributed by atoms with Crippen LogP contribution in [0.2, 0.25) is 0 Å². The number of rotatable bonds is 10. The molecule has 0 atom stereocenters. The number of nitrogens with zero attached hydrogens (tertiary/aromatic N) is 4. The highest BCUT2D eigenvalue weighted by Gasteiger charge is 2.22. The molecule has 15 aromatic carbocycles. The Morgan fingerprint density at radius 1 is 0.186 bits per heavy atom. The first kappa shape index (κ1) is 49.2. The molecule has 17 rings (SSSR count). The van der Waals surface area contributed by atoms with Crippen molar-refractivity contribution in [2.24, 2.45) is 0 Å². The number of benzene rings is 15. The van der Waals surface area contributed by atoms with Crippen molar-refractivity contribution in [1.82, 2.24) is 9.13 Å². The summed E-state index contributed by atoms with van der Waals surface area (Å²) in [4.78, 5) is 4.77. The summed E-state index contributed by atoms with van der Waals surface area (Å²) < 4.78 is 4.82. The Balaban J connectivity index is 0.749. The van der Waals surface area contributed by atoms with Crippen molar-refractivity contribution in [3.8, 4) is 33.6 Å². The molecular weight excluding hydrogens is 1040 g/mol. The lowest BCUT2D eigenvalue weighted by Gasteiger charge is -2.26. The molecule has 86 heavy (non-hydrogen) atoms. The van der Waals surface area contributed by atoms with Crippen molar-refractivity contribution in [2.45, 2.75) is 0 Å². The smallest absolute Gasteiger partial charge is 0.0542 e. The van der Waals surface area contributed by atoms with Crippen molar-refractivity contribution in [3.05, 3.63) is 328 Å². The number of aromatic nitrogens is 2. The molecule has 0 N–H and O–H groups in total. The SMILES string of the molecule is c1ccc(N(c2ccc(-c3c4ccccc4c(-c4ccc(N(c5ccccc5)c5ccc6c(c5)c5ccccc5n6-c5ccc6ccccc6c5)cc4)c4ccccc34)cc2)c2ccc3c(c2)c2ccccc2n3-c2ccc3ccccc3c2)cc1. The van der Waals surface area contributed by atoms with Gasteiger partial charge in [0.1, 0.15) is 0 Å². The summed E-state index contributed by atoms with van der Waals surface area (Å²) in [5, 5.41) is 14.7. The van der Waals surface area contributed by atoms with Gasteiger partial charge in [-0.25, -0.2) is 0 Å². The first-order valence-electron chi connectivity index (χ1n) is 29.6. The Labute approximate surface area is 498 Å².